The molecule has 1 fully saturated rings. The summed E-state index contributed by atoms with van der Waals surface area (Å²) in [6, 6.07) is 2.94. The number of benzene rings is 1. The first-order valence-electron chi connectivity index (χ1n) is 11.1. The van der Waals surface area contributed by atoms with Crippen LogP contribution in [0.4, 0.5) is 23.5 Å². The quantitative estimate of drug-likeness (QED) is 0.419. The molecule has 1 aliphatic heterocycles. The molecule has 0 amide bonds. The Hall–Kier alpha value is -2.85. The lowest BCUT2D eigenvalue weighted by Crippen LogP contribution is -2.26. The van der Waals surface area contributed by atoms with E-state index in [1.807, 2.05) is 6.92 Å². The number of anilines is 1. The molecule has 178 valence electrons. The van der Waals surface area contributed by atoms with E-state index in [0.29, 0.717) is 29.7 Å². The zero-order valence-electron chi connectivity index (χ0n) is 18.3. The number of aryl methyl sites for hydroxylation is 1. The minimum Gasteiger partial charge on any atom is -0.395 e. The third-order valence-electron chi connectivity index (χ3n) is 6.87. The summed E-state index contributed by atoms with van der Waals surface area (Å²) in [4.78, 5) is 8.76. The van der Waals surface area contributed by atoms with Gasteiger partial charge in [-0.15, -0.1) is 13.9 Å². The molecule has 0 saturated heterocycles. The molecule has 1 aromatic carbocycles. The molecule has 0 bridgehead atoms. The van der Waals surface area contributed by atoms with Crippen LogP contribution in [0.15, 0.2) is 12.1 Å². The lowest BCUT2D eigenvalue weighted by atomic mass is 9.78. The largest absolute Gasteiger partial charge is 0.586 e. The van der Waals surface area contributed by atoms with Crippen LogP contribution in [-0.4, -0.2) is 31.8 Å². The fourth-order valence-electron chi connectivity index (χ4n) is 5.27. The molecule has 2 aromatic heterocycles. The van der Waals surface area contributed by atoms with Gasteiger partial charge in [-0.05, 0) is 49.1 Å². The van der Waals surface area contributed by atoms with Crippen molar-refractivity contribution in [1.82, 2.24) is 19.6 Å². The smallest absolute Gasteiger partial charge is 0.395 e. The van der Waals surface area contributed by atoms with Crippen LogP contribution in [0.5, 0.6) is 11.5 Å². The van der Waals surface area contributed by atoms with Gasteiger partial charge in [0, 0.05) is 24.6 Å². The molecule has 1 aliphatic carbocycles. The van der Waals surface area contributed by atoms with Crippen molar-refractivity contribution in [2.75, 3.05) is 5.73 Å². The molecular formula is C22H25F4N5O2. The van der Waals surface area contributed by atoms with E-state index >= 15 is 0 Å². The van der Waals surface area contributed by atoms with Crippen molar-refractivity contribution in [3.8, 4) is 11.5 Å². The molecule has 3 atom stereocenters. The fraction of sp³-hybridized carbons (Fsp3) is 0.591. The Balaban J connectivity index is 1.39. The topological polar surface area (TPSA) is 87.6 Å². The van der Waals surface area contributed by atoms with Gasteiger partial charge in [-0.1, -0.05) is 13.8 Å². The molecule has 5 rings (SSSR count). The Bertz CT molecular complexity index is 1210. The highest BCUT2D eigenvalue weighted by molar-refractivity contribution is 5.97. The number of aromatic nitrogens is 4. The molecule has 2 aliphatic rings. The molecule has 3 aromatic rings. The highest BCUT2D eigenvalue weighted by Crippen LogP contribution is 2.46. The second-order valence-corrected chi connectivity index (χ2v) is 9.30. The summed E-state index contributed by atoms with van der Waals surface area (Å²) in [5, 5.41) is 4.89. The molecule has 0 radical (unpaired) electrons. The van der Waals surface area contributed by atoms with Crippen molar-refractivity contribution in [1.29, 1.82) is 0 Å². The van der Waals surface area contributed by atoms with Crippen molar-refractivity contribution < 1.29 is 27.0 Å². The number of alkyl halides is 4. The Morgan fingerprint density at radius 3 is 2.79 bits per heavy atom. The molecule has 0 spiro atoms. The summed E-state index contributed by atoms with van der Waals surface area (Å²) in [6.45, 7) is 4.00. The number of nitrogen functional groups attached to an aromatic ring is 1. The summed E-state index contributed by atoms with van der Waals surface area (Å²) < 4.78 is 65.4. The second-order valence-electron chi connectivity index (χ2n) is 9.30. The van der Waals surface area contributed by atoms with Crippen LogP contribution in [0, 0.1) is 17.8 Å². The summed E-state index contributed by atoms with van der Waals surface area (Å²) in [6.07, 6.45) is -1.30. The first kappa shape index (κ1) is 22.0. The number of nitrogens with two attached hydrogens (primary N) is 1. The normalized spacial score (nSPS) is 24.8. The van der Waals surface area contributed by atoms with E-state index in [-0.39, 0.29) is 53.6 Å². The average Bonchev–Trinajstić information content (AvgIpc) is 3.25. The van der Waals surface area contributed by atoms with Crippen molar-refractivity contribution >= 4 is 22.5 Å². The van der Waals surface area contributed by atoms with Gasteiger partial charge in [-0.2, -0.15) is 4.52 Å². The highest BCUT2D eigenvalue weighted by Gasteiger charge is 2.45. The monoisotopic (exact) mass is 467 g/mol. The number of halogens is 4. The van der Waals surface area contributed by atoms with E-state index in [2.05, 4.69) is 31.5 Å². The summed E-state index contributed by atoms with van der Waals surface area (Å²) in [5.74, 6) is -2.01. The lowest BCUT2D eigenvalue weighted by molar-refractivity contribution is -0.286. The van der Waals surface area contributed by atoms with E-state index in [1.54, 1.807) is 6.07 Å². The maximum absolute atomic E-state index is 13.9. The van der Waals surface area contributed by atoms with Gasteiger partial charge in [0.2, 0.25) is 11.9 Å². The van der Waals surface area contributed by atoms with Gasteiger partial charge in [0.15, 0.2) is 23.0 Å². The standard InChI is InChI=1S/C22H25F4N5O2/c1-11(13-4-3-9-21(23,24)10-12(13)2)5-8-16-28-19-14-6-7-15-18(33-22(25,26)32-15)17(14)29-20(27)31(19)30-16/h6-7,11-13H,3-5,8-10H2,1-2H3,(H2,27,29). The van der Waals surface area contributed by atoms with E-state index in [1.165, 1.54) is 10.6 Å². The highest BCUT2D eigenvalue weighted by atomic mass is 19.3. The van der Waals surface area contributed by atoms with Gasteiger partial charge in [0.1, 0.15) is 5.52 Å². The predicted molar refractivity (Wildman–Crippen MR) is 112 cm³/mol. The number of rotatable bonds is 4. The SMILES string of the molecule is CC(CCc1nc2c3ccc4c(c3nc(N)n2n1)OC(F)(F)O4)C1CCCC(F)(F)CC1C. The van der Waals surface area contributed by atoms with Crippen LogP contribution in [0.2, 0.25) is 0 Å². The minimum atomic E-state index is -3.77. The van der Waals surface area contributed by atoms with E-state index in [0.717, 1.165) is 12.8 Å². The second kappa shape index (κ2) is 7.59. The van der Waals surface area contributed by atoms with E-state index in [4.69, 9.17) is 5.73 Å². The zero-order chi connectivity index (χ0) is 23.5. The molecule has 2 N–H and O–H groups in total. The number of hydrogen-bond donors (Lipinski definition) is 1. The Morgan fingerprint density at radius 2 is 2.00 bits per heavy atom. The van der Waals surface area contributed by atoms with Crippen molar-refractivity contribution in [3.05, 3.63) is 18.0 Å². The maximum Gasteiger partial charge on any atom is 0.586 e. The molecule has 1 saturated carbocycles. The summed E-state index contributed by atoms with van der Waals surface area (Å²) >= 11 is 0. The number of ether oxygens (including phenoxy) is 2. The summed E-state index contributed by atoms with van der Waals surface area (Å²) in [5.41, 5.74) is 6.53. The lowest BCUT2D eigenvalue weighted by Gasteiger charge is -2.28. The predicted octanol–water partition coefficient (Wildman–Crippen LogP) is 5.21. The number of hydrogen-bond acceptors (Lipinski definition) is 6. The molecule has 11 heteroatoms. The van der Waals surface area contributed by atoms with E-state index < -0.39 is 12.2 Å². The molecule has 3 heterocycles. The number of nitrogens with zero attached hydrogens (tertiary/aromatic N) is 4. The molecule has 3 unspecified atom stereocenters. The van der Waals surface area contributed by atoms with Crippen LogP contribution in [0.3, 0.4) is 0 Å². The minimum absolute atomic E-state index is 0.0175. The zero-order valence-corrected chi connectivity index (χ0v) is 18.3. The number of fused-ring (bicyclic) bond motifs is 5. The average molecular weight is 467 g/mol. The molecule has 7 nitrogen and oxygen atoms in total. The van der Waals surface area contributed by atoms with Crippen LogP contribution < -0.4 is 15.2 Å². The van der Waals surface area contributed by atoms with Crippen LogP contribution in [0.25, 0.3) is 16.6 Å². The Labute approximate surface area is 187 Å². The summed E-state index contributed by atoms with van der Waals surface area (Å²) in [7, 11) is 0. The maximum atomic E-state index is 13.9. The van der Waals surface area contributed by atoms with Crippen molar-refractivity contribution in [3.63, 3.8) is 0 Å². The first-order valence-corrected chi connectivity index (χ1v) is 11.1. The fourth-order valence-corrected chi connectivity index (χ4v) is 5.27. The van der Waals surface area contributed by atoms with Gasteiger partial charge in [-0.25, -0.2) is 18.7 Å². The van der Waals surface area contributed by atoms with Crippen molar-refractivity contribution in [2.45, 2.75) is 64.6 Å². The Morgan fingerprint density at radius 1 is 1.21 bits per heavy atom. The van der Waals surface area contributed by atoms with Gasteiger partial charge in [-0.3, -0.25) is 0 Å². The third-order valence-corrected chi connectivity index (χ3v) is 6.87. The van der Waals surface area contributed by atoms with Crippen LogP contribution in [-0.2, 0) is 6.42 Å². The van der Waals surface area contributed by atoms with Crippen molar-refractivity contribution in [2.24, 2.45) is 17.8 Å². The van der Waals surface area contributed by atoms with Gasteiger partial charge < -0.3 is 15.2 Å². The third kappa shape index (κ3) is 4.02. The van der Waals surface area contributed by atoms with Crippen LogP contribution >= 0.6 is 0 Å². The van der Waals surface area contributed by atoms with Gasteiger partial charge in [0.05, 0.1) is 0 Å². The van der Waals surface area contributed by atoms with Gasteiger partial charge >= 0.3 is 6.29 Å². The van der Waals surface area contributed by atoms with E-state index in [9.17, 15) is 17.6 Å². The molecule has 33 heavy (non-hydrogen) atoms. The Kier molecular flexibility index (Phi) is 5.06. The van der Waals surface area contributed by atoms with Crippen LogP contribution in [0.1, 0.15) is 51.8 Å². The van der Waals surface area contributed by atoms with Gasteiger partial charge in [0.25, 0.3) is 0 Å². The first-order chi connectivity index (χ1) is 15.5. The molecular weight excluding hydrogens is 442 g/mol.